The summed E-state index contributed by atoms with van der Waals surface area (Å²) in [5, 5.41) is 2.94. The third kappa shape index (κ3) is 4.92. The minimum Gasteiger partial charge on any atom is -0.456 e. The van der Waals surface area contributed by atoms with Gasteiger partial charge in [-0.05, 0) is 37.0 Å². The number of oxazole rings is 1. The zero-order valence-electron chi connectivity index (χ0n) is 17.3. The Hall–Kier alpha value is -3.60. The number of fused-ring (bicyclic) bond motifs is 1. The van der Waals surface area contributed by atoms with Gasteiger partial charge in [0.25, 0.3) is 11.8 Å². The third-order valence-electron chi connectivity index (χ3n) is 5.09. The summed E-state index contributed by atoms with van der Waals surface area (Å²) in [6.07, 6.45) is 3.53. The molecule has 1 aliphatic rings. The molecule has 11 heteroatoms. The summed E-state index contributed by atoms with van der Waals surface area (Å²) in [5.74, 6) is -3.49. The second-order valence-corrected chi connectivity index (χ2v) is 8.45. The van der Waals surface area contributed by atoms with E-state index in [4.69, 9.17) is 14.9 Å². The minimum atomic E-state index is -0.793. The second-order valence-electron chi connectivity index (χ2n) is 7.35. The Balaban J connectivity index is 1.28. The molecule has 0 aliphatic heterocycles. The Kier molecular flexibility index (Phi) is 6.50. The van der Waals surface area contributed by atoms with Gasteiger partial charge in [0.05, 0.1) is 23.7 Å². The Morgan fingerprint density at radius 3 is 2.70 bits per heavy atom. The monoisotopic (exact) mass is 475 g/mol. The van der Waals surface area contributed by atoms with Crippen LogP contribution in [0.4, 0.5) is 13.8 Å². The molecule has 3 N–H and O–H groups in total. The van der Waals surface area contributed by atoms with E-state index in [0.717, 1.165) is 41.8 Å². The van der Waals surface area contributed by atoms with Crippen molar-refractivity contribution < 1.29 is 32.3 Å². The van der Waals surface area contributed by atoms with E-state index in [1.54, 1.807) is 0 Å². The molecule has 0 fully saturated rings. The molecule has 8 nitrogen and oxygen atoms in total. The summed E-state index contributed by atoms with van der Waals surface area (Å²) in [4.78, 5) is 40.9. The predicted molar refractivity (Wildman–Crippen MR) is 115 cm³/mol. The normalized spacial score (nSPS) is 12.4. The quantitative estimate of drug-likeness (QED) is 0.481. The van der Waals surface area contributed by atoms with Crippen molar-refractivity contribution in [2.45, 2.75) is 32.1 Å². The number of esters is 1. The molecule has 1 aliphatic carbocycles. The van der Waals surface area contributed by atoms with Crippen LogP contribution >= 0.6 is 11.3 Å². The predicted octanol–water partition coefficient (Wildman–Crippen LogP) is 3.38. The lowest BCUT2D eigenvalue weighted by Crippen LogP contribution is -2.22. The van der Waals surface area contributed by atoms with Gasteiger partial charge < -0.3 is 20.2 Å². The number of halogens is 2. The summed E-state index contributed by atoms with van der Waals surface area (Å²) < 4.78 is 38.0. The number of aromatic nitrogens is 1. The van der Waals surface area contributed by atoms with Crippen molar-refractivity contribution in [3.05, 3.63) is 57.9 Å². The summed E-state index contributed by atoms with van der Waals surface area (Å²) in [6.45, 7) is -0.545. The Bertz CT molecular complexity index is 1220. The summed E-state index contributed by atoms with van der Waals surface area (Å²) in [6, 6.07) is 3.43. The van der Waals surface area contributed by atoms with E-state index in [9.17, 15) is 23.2 Å². The van der Waals surface area contributed by atoms with E-state index in [-0.39, 0.29) is 30.1 Å². The van der Waals surface area contributed by atoms with Crippen LogP contribution in [0.15, 0.2) is 28.8 Å². The van der Waals surface area contributed by atoms with E-state index < -0.39 is 36.0 Å². The smallest absolute Gasteiger partial charge is 0.306 e. The van der Waals surface area contributed by atoms with Crippen molar-refractivity contribution in [2.24, 2.45) is 5.73 Å². The van der Waals surface area contributed by atoms with Gasteiger partial charge in [0.15, 0.2) is 18.3 Å². The van der Waals surface area contributed by atoms with Crippen molar-refractivity contribution in [3.8, 4) is 11.3 Å². The van der Waals surface area contributed by atoms with Crippen molar-refractivity contribution in [1.29, 1.82) is 0 Å². The number of nitrogens with zero attached hydrogens (tertiary/aromatic N) is 1. The number of primary amides is 1. The van der Waals surface area contributed by atoms with E-state index in [1.165, 1.54) is 23.6 Å². The molecule has 0 spiro atoms. The second kappa shape index (κ2) is 9.49. The van der Waals surface area contributed by atoms with Crippen molar-refractivity contribution >= 4 is 34.1 Å². The van der Waals surface area contributed by atoms with Gasteiger partial charge in [-0.1, -0.05) is 6.07 Å². The fourth-order valence-electron chi connectivity index (χ4n) is 3.62. The number of carbonyl (C=O) groups excluding carboxylic acids is 3. The maximum atomic E-state index is 13.8. The average Bonchev–Trinajstić information content (AvgIpc) is 3.47. The van der Waals surface area contributed by atoms with Crippen molar-refractivity contribution in [1.82, 2.24) is 4.98 Å². The minimum absolute atomic E-state index is 0.0139. The van der Waals surface area contributed by atoms with Crippen LogP contribution in [0.25, 0.3) is 11.3 Å². The molecule has 4 rings (SSSR count). The molecule has 0 atom stereocenters. The number of carbonyl (C=O) groups is 3. The number of anilines is 1. The highest BCUT2D eigenvalue weighted by Gasteiger charge is 2.26. The molecule has 2 amide bonds. The molecule has 3 aromatic rings. The van der Waals surface area contributed by atoms with Gasteiger partial charge in [0, 0.05) is 11.3 Å². The SMILES string of the molecule is NC(=O)c1c(NC(=O)COC(=O)CCc2ncc(-c3c(F)cccc3F)o2)sc2c1CCC2. The number of amides is 2. The maximum absolute atomic E-state index is 13.8. The number of ether oxygens (including phenoxy) is 1. The maximum Gasteiger partial charge on any atom is 0.306 e. The summed E-state index contributed by atoms with van der Waals surface area (Å²) in [5.41, 5.74) is 6.31. The topological polar surface area (TPSA) is 125 Å². The van der Waals surface area contributed by atoms with E-state index in [1.807, 2.05) is 0 Å². The number of nitrogens with one attached hydrogen (secondary N) is 1. The third-order valence-corrected chi connectivity index (χ3v) is 6.30. The average molecular weight is 475 g/mol. The number of rotatable bonds is 8. The first-order chi connectivity index (χ1) is 15.8. The van der Waals surface area contributed by atoms with Gasteiger partial charge in [0.1, 0.15) is 16.6 Å². The molecule has 0 saturated heterocycles. The molecule has 0 unspecified atom stereocenters. The number of thiophene rings is 1. The number of hydrogen-bond acceptors (Lipinski definition) is 7. The highest BCUT2D eigenvalue weighted by atomic mass is 32.1. The van der Waals surface area contributed by atoms with Crippen LogP contribution < -0.4 is 11.1 Å². The number of nitrogens with two attached hydrogens (primary N) is 1. The Morgan fingerprint density at radius 1 is 1.21 bits per heavy atom. The van der Waals surface area contributed by atoms with Crippen molar-refractivity contribution in [3.63, 3.8) is 0 Å². The number of benzene rings is 1. The van der Waals surface area contributed by atoms with Crippen LogP contribution in [0, 0.1) is 11.6 Å². The van der Waals surface area contributed by atoms with Crippen LogP contribution in [-0.4, -0.2) is 29.4 Å². The lowest BCUT2D eigenvalue weighted by atomic mass is 10.1. The summed E-state index contributed by atoms with van der Waals surface area (Å²) in [7, 11) is 0. The highest BCUT2D eigenvalue weighted by Crippen LogP contribution is 2.38. The number of aryl methyl sites for hydroxylation is 2. The summed E-state index contributed by atoms with van der Waals surface area (Å²) >= 11 is 1.30. The Labute approximate surface area is 190 Å². The first kappa shape index (κ1) is 22.6. The molecule has 0 radical (unpaired) electrons. The first-order valence-corrected chi connectivity index (χ1v) is 10.9. The first-order valence-electron chi connectivity index (χ1n) is 10.1. The molecular weight excluding hydrogens is 456 g/mol. The largest absolute Gasteiger partial charge is 0.456 e. The van der Waals surface area contributed by atoms with Gasteiger partial charge in [-0.2, -0.15) is 0 Å². The van der Waals surface area contributed by atoms with Crippen LogP contribution in [0.1, 0.15) is 39.5 Å². The Morgan fingerprint density at radius 2 is 1.97 bits per heavy atom. The van der Waals surface area contributed by atoms with Crippen LogP contribution in [0.2, 0.25) is 0 Å². The van der Waals surface area contributed by atoms with E-state index >= 15 is 0 Å². The van der Waals surface area contributed by atoms with Crippen molar-refractivity contribution in [2.75, 3.05) is 11.9 Å². The molecule has 0 bridgehead atoms. The van der Waals surface area contributed by atoms with Crippen LogP contribution in [0.3, 0.4) is 0 Å². The van der Waals surface area contributed by atoms with Crippen LogP contribution in [-0.2, 0) is 33.6 Å². The van der Waals surface area contributed by atoms with Gasteiger partial charge in [-0.15, -0.1) is 11.3 Å². The number of hydrogen-bond donors (Lipinski definition) is 2. The van der Waals surface area contributed by atoms with Gasteiger partial charge >= 0.3 is 5.97 Å². The van der Waals surface area contributed by atoms with Gasteiger partial charge in [-0.3, -0.25) is 14.4 Å². The highest BCUT2D eigenvalue weighted by molar-refractivity contribution is 7.17. The molecular formula is C22H19F2N3O5S. The van der Waals surface area contributed by atoms with Gasteiger partial charge in [0.2, 0.25) is 0 Å². The zero-order chi connectivity index (χ0) is 23.5. The standard InChI is InChI=1S/C22H19F2N3O5S/c23-12-4-2-5-13(24)20(12)14-9-26-17(32-14)7-8-18(29)31-10-16(28)27-22-19(21(25)30)11-3-1-6-15(11)33-22/h2,4-5,9H,1,3,6-8,10H2,(H2,25,30)(H,27,28). The van der Waals surface area contributed by atoms with E-state index in [2.05, 4.69) is 10.3 Å². The molecule has 2 aromatic heterocycles. The molecule has 33 heavy (non-hydrogen) atoms. The molecule has 0 saturated carbocycles. The van der Waals surface area contributed by atoms with Crippen LogP contribution in [0.5, 0.6) is 0 Å². The lowest BCUT2D eigenvalue weighted by Gasteiger charge is -2.07. The molecule has 2 heterocycles. The fraction of sp³-hybridized carbons (Fsp3) is 0.273. The lowest BCUT2D eigenvalue weighted by molar-refractivity contribution is -0.147. The zero-order valence-corrected chi connectivity index (χ0v) is 18.1. The fourth-order valence-corrected chi connectivity index (χ4v) is 4.93. The van der Waals surface area contributed by atoms with Gasteiger partial charge in [-0.25, -0.2) is 13.8 Å². The molecule has 1 aromatic carbocycles. The van der Waals surface area contributed by atoms with E-state index in [0.29, 0.717) is 10.6 Å². The molecule has 172 valence electrons.